The van der Waals surface area contributed by atoms with Crippen LogP contribution in [0.15, 0.2) is 12.2 Å². The van der Waals surface area contributed by atoms with E-state index in [9.17, 15) is 24.0 Å². The van der Waals surface area contributed by atoms with Crippen LogP contribution < -0.4 is 0 Å². The van der Waals surface area contributed by atoms with E-state index in [2.05, 4.69) is 6.58 Å². The van der Waals surface area contributed by atoms with Gasteiger partial charge >= 0.3 is 29.8 Å². The molecule has 1 heterocycles. The van der Waals surface area contributed by atoms with Crippen LogP contribution >= 0.6 is 11.8 Å². The second-order valence-electron chi connectivity index (χ2n) is 6.70. The second kappa shape index (κ2) is 13.1. The summed E-state index contributed by atoms with van der Waals surface area (Å²) < 4.78 is 31.8. The van der Waals surface area contributed by atoms with Gasteiger partial charge in [-0.1, -0.05) is 6.58 Å². The lowest BCUT2D eigenvalue weighted by Crippen LogP contribution is -2.61. The molecule has 0 aromatic rings. The molecule has 1 fully saturated rings. The molecule has 12 heteroatoms. The largest absolute Gasteiger partial charge is 0.463 e. The highest BCUT2D eigenvalue weighted by molar-refractivity contribution is 8.00. The van der Waals surface area contributed by atoms with Gasteiger partial charge in [-0.3, -0.25) is 19.2 Å². The molecule has 0 bridgehead atoms. The summed E-state index contributed by atoms with van der Waals surface area (Å²) in [5, 5.41) is 0. The number of carbonyl (C=O) groups excluding carboxylic acids is 5. The zero-order valence-corrected chi connectivity index (χ0v) is 19.4. The van der Waals surface area contributed by atoms with Crippen LogP contribution in [0, 0.1) is 0 Å². The van der Waals surface area contributed by atoms with E-state index in [1.807, 2.05) is 0 Å². The molecule has 11 nitrogen and oxygen atoms in total. The van der Waals surface area contributed by atoms with Crippen molar-refractivity contribution in [2.45, 2.75) is 64.5 Å². The molecule has 0 unspecified atom stereocenters. The SMILES string of the molecule is C=C(CS[C@H]1O[C@H](COC(C)=O)[C@@H](OC(C)=O)[C@H](OC(C)=O)[C@@H]1OC(C)=O)C(=O)OCC. The normalized spacial score (nSPS) is 24.6. The van der Waals surface area contributed by atoms with E-state index in [-0.39, 0.29) is 24.5 Å². The average Bonchev–Trinajstić information content (AvgIpc) is 2.67. The lowest BCUT2D eigenvalue weighted by atomic mass is 9.99. The Hall–Kier alpha value is -2.60. The van der Waals surface area contributed by atoms with Crippen LogP contribution in [-0.4, -0.2) is 78.7 Å². The van der Waals surface area contributed by atoms with Crippen molar-refractivity contribution >= 4 is 41.6 Å². The Morgan fingerprint density at radius 2 is 1.34 bits per heavy atom. The van der Waals surface area contributed by atoms with E-state index in [4.69, 9.17) is 28.4 Å². The fraction of sp³-hybridized carbons (Fsp3) is 0.650. The first kappa shape index (κ1) is 27.4. The van der Waals surface area contributed by atoms with Crippen molar-refractivity contribution in [2.24, 2.45) is 0 Å². The van der Waals surface area contributed by atoms with Gasteiger partial charge in [-0.05, 0) is 6.92 Å². The quantitative estimate of drug-likeness (QED) is 0.251. The van der Waals surface area contributed by atoms with Crippen LogP contribution in [0.3, 0.4) is 0 Å². The molecule has 0 spiro atoms. The summed E-state index contributed by atoms with van der Waals surface area (Å²) in [6, 6.07) is 0. The van der Waals surface area contributed by atoms with Gasteiger partial charge in [-0.25, -0.2) is 4.79 Å². The van der Waals surface area contributed by atoms with Gasteiger partial charge in [-0.2, -0.15) is 0 Å². The number of carbonyl (C=O) groups is 5. The lowest BCUT2D eigenvalue weighted by Gasteiger charge is -2.44. The fourth-order valence-electron chi connectivity index (χ4n) is 2.80. The van der Waals surface area contributed by atoms with Crippen molar-refractivity contribution in [3.63, 3.8) is 0 Å². The third-order valence-electron chi connectivity index (χ3n) is 3.93. The molecular formula is C20H28O11S. The first-order valence-electron chi connectivity index (χ1n) is 9.73. The summed E-state index contributed by atoms with van der Waals surface area (Å²) in [5.74, 6) is -3.33. The van der Waals surface area contributed by atoms with Crippen LogP contribution in [-0.2, 0) is 52.4 Å². The Morgan fingerprint density at radius 3 is 1.84 bits per heavy atom. The van der Waals surface area contributed by atoms with Crippen LogP contribution in [0.2, 0.25) is 0 Å². The number of hydrogen-bond donors (Lipinski definition) is 0. The molecule has 0 N–H and O–H groups in total. The van der Waals surface area contributed by atoms with Crippen molar-refractivity contribution < 1.29 is 52.4 Å². The number of ether oxygens (including phenoxy) is 6. The maximum atomic E-state index is 11.9. The first-order chi connectivity index (χ1) is 15.0. The fourth-order valence-corrected chi connectivity index (χ4v) is 3.90. The van der Waals surface area contributed by atoms with E-state index < -0.39 is 59.7 Å². The van der Waals surface area contributed by atoms with E-state index in [0.717, 1.165) is 32.5 Å². The third-order valence-corrected chi connectivity index (χ3v) is 5.16. The van der Waals surface area contributed by atoms with Gasteiger partial charge in [0, 0.05) is 39.0 Å². The monoisotopic (exact) mass is 476 g/mol. The van der Waals surface area contributed by atoms with Gasteiger partial charge < -0.3 is 28.4 Å². The number of thioether (sulfide) groups is 1. The van der Waals surface area contributed by atoms with Gasteiger partial charge in [0.2, 0.25) is 0 Å². The molecule has 32 heavy (non-hydrogen) atoms. The van der Waals surface area contributed by atoms with Gasteiger partial charge in [0.05, 0.1) is 6.61 Å². The molecule has 180 valence electrons. The Labute approximate surface area is 190 Å². The average molecular weight is 477 g/mol. The molecule has 0 radical (unpaired) electrons. The summed E-state index contributed by atoms with van der Waals surface area (Å²) in [4.78, 5) is 58.4. The van der Waals surface area contributed by atoms with Gasteiger partial charge in [0.1, 0.15) is 18.1 Å². The molecule has 0 amide bonds. The van der Waals surface area contributed by atoms with Crippen LogP contribution in [0.25, 0.3) is 0 Å². The van der Waals surface area contributed by atoms with Crippen molar-refractivity contribution in [3.05, 3.63) is 12.2 Å². The summed E-state index contributed by atoms with van der Waals surface area (Å²) in [6.07, 6.45) is -4.74. The number of esters is 5. The predicted octanol–water partition coefficient (Wildman–Crippen LogP) is 0.922. The molecule has 0 saturated carbocycles. The maximum Gasteiger partial charge on any atom is 0.334 e. The van der Waals surface area contributed by atoms with Gasteiger partial charge in [0.15, 0.2) is 18.3 Å². The standard InChI is InChI=1S/C20H28O11S/c1-7-26-19(25)10(2)9-32-20-18(30-14(6)24)17(29-13(5)23)16(28-12(4)22)15(31-20)8-27-11(3)21/h15-18,20H,2,7-9H2,1,3-6H3/t15-,16-,17+,18+,20-/m1/s1. The molecule has 1 saturated heterocycles. The second-order valence-corrected chi connectivity index (χ2v) is 7.79. The summed E-state index contributed by atoms with van der Waals surface area (Å²) >= 11 is 1.03. The highest BCUT2D eigenvalue weighted by Gasteiger charge is 2.52. The van der Waals surface area contributed by atoms with E-state index in [1.165, 1.54) is 6.92 Å². The first-order valence-corrected chi connectivity index (χ1v) is 10.8. The van der Waals surface area contributed by atoms with Crippen LogP contribution in [0.4, 0.5) is 0 Å². The molecular weight excluding hydrogens is 448 g/mol. The molecule has 1 rings (SSSR count). The van der Waals surface area contributed by atoms with Crippen molar-refractivity contribution in [1.29, 1.82) is 0 Å². The zero-order valence-electron chi connectivity index (χ0n) is 18.6. The lowest BCUT2D eigenvalue weighted by molar-refractivity contribution is -0.237. The highest BCUT2D eigenvalue weighted by Crippen LogP contribution is 2.35. The van der Waals surface area contributed by atoms with E-state index >= 15 is 0 Å². The Balaban J connectivity index is 3.24. The third kappa shape index (κ3) is 8.87. The number of rotatable bonds is 10. The van der Waals surface area contributed by atoms with E-state index in [1.54, 1.807) is 6.92 Å². The number of hydrogen-bond acceptors (Lipinski definition) is 12. The van der Waals surface area contributed by atoms with E-state index in [0.29, 0.717) is 0 Å². The van der Waals surface area contributed by atoms with Crippen LogP contribution in [0.5, 0.6) is 0 Å². The topological polar surface area (TPSA) is 141 Å². The maximum absolute atomic E-state index is 11.9. The molecule has 0 aromatic carbocycles. The minimum atomic E-state index is -1.26. The zero-order chi connectivity index (χ0) is 24.4. The summed E-state index contributed by atoms with van der Waals surface area (Å²) in [6.45, 7) is 9.76. The summed E-state index contributed by atoms with van der Waals surface area (Å²) in [5.41, 5.74) is -0.855. The Bertz CT molecular complexity index is 735. The van der Waals surface area contributed by atoms with Crippen LogP contribution in [0.1, 0.15) is 34.6 Å². The van der Waals surface area contributed by atoms with Gasteiger partial charge in [-0.15, -0.1) is 11.8 Å². The van der Waals surface area contributed by atoms with Crippen molar-refractivity contribution in [1.82, 2.24) is 0 Å². The van der Waals surface area contributed by atoms with Crippen molar-refractivity contribution in [2.75, 3.05) is 19.0 Å². The molecule has 0 aromatic heterocycles. The minimum absolute atomic E-state index is 0.0343. The Kier molecular flexibility index (Phi) is 11.2. The highest BCUT2D eigenvalue weighted by atomic mass is 32.2. The molecule has 5 atom stereocenters. The van der Waals surface area contributed by atoms with Crippen molar-refractivity contribution in [3.8, 4) is 0 Å². The molecule has 1 aliphatic rings. The summed E-state index contributed by atoms with van der Waals surface area (Å²) in [7, 11) is 0. The predicted molar refractivity (Wildman–Crippen MR) is 110 cm³/mol. The van der Waals surface area contributed by atoms with Gasteiger partial charge in [0.25, 0.3) is 0 Å². The molecule has 0 aliphatic carbocycles. The minimum Gasteiger partial charge on any atom is -0.463 e. The smallest absolute Gasteiger partial charge is 0.334 e. The Morgan fingerprint density at radius 1 is 0.812 bits per heavy atom. The molecule has 1 aliphatic heterocycles.